The number of thiazole rings is 1. The van der Waals surface area contributed by atoms with Crippen LogP contribution in [-0.4, -0.2) is 28.4 Å². The van der Waals surface area contributed by atoms with Crippen LogP contribution in [0.25, 0.3) is 16.0 Å². The van der Waals surface area contributed by atoms with Crippen LogP contribution in [-0.2, 0) is 16.2 Å². The predicted octanol–water partition coefficient (Wildman–Crippen LogP) is 7.55. The van der Waals surface area contributed by atoms with Gasteiger partial charge < -0.3 is 14.6 Å². The number of hydrogen-bond donors (Lipinski definition) is 1. The first-order valence-electron chi connectivity index (χ1n) is 13.3. The van der Waals surface area contributed by atoms with E-state index in [1.54, 1.807) is 42.5 Å². The molecule has 1 aliphatic heterocycles. The van der Waals surface area contributed by atoms with Crippen molar-refractivity contribution in [1.29, 1.82) is 0 Å². The molecular weight excluding hydrogens is 572 g/mol. The van der Waals surface area contributed by atoms with E-state index in [0.29, 0.717) is 51.5 Å². The van der Waals surface area contributed by atoms with Crippen LogP contribution in [0.5, 0.6) is 11.5 Å². The maximum Gasteiger partial charge on any atom is 0.301 e. The molecule has 1 saturated heterocycles. The number of halogens is 1. The number of aliphatic hydroxyl groups is 1. The molecule has 4 aromatic carbocycles. The molecule has 42 heavy (non-hydrogen) atoms. The molecule has 1 amide bonds. The molecule has 210 valence electrons. The first-order chi connectivity index (χ1) is 20.4. The van der Waals surface area contributed by atoms with Gasteiger partial charge in [0.1, 0.15) is 23.9 Å². The van der Waals surface area contributed by atoms with Gasteiger partial charge in [-0.05, 0) is 72.6 Å². The molecule has 1 aromatic heterocycles. The highest BCUT2D eigenvalue weighted by atomic mass is 35.5. The molecule has 1 unspecified atom stereocenters. The van der Waals surface area contributed by atoms with E-state index in [1.165, 1.54) is 16.2 Å². The Kier molecular flexibility index (Phi) is 7.65. The van der Waals surface area contributed by atoms with E-state index in [0.717, 1.165) is 10.3 Å². The van der Waals surface area contributed by atoms with E-state index in [9.17, 15) is 14.7 Å². The fraction of sp³-hybridized carbons (Fsp3) is 0.121. The molecule has 1 fully saturated rings. The van der Waals surface area contributed by atoms with Gasteiger partial charge in [-0.25, -0.2) is 4.98 Å². The van der Waals surface area contributed by atoms with Crippen LogP contribution in [0.4, 0.5) is 5.13 Å². The zero-order chi connectivity index (χ0) is 29.2. The van der Waals surface area contributed by atoms with Crippen molar-refractivity contribution in [3.8, 4) is 11.5 Å². The van der Waals surface area contributed by atoms with Crippen molar-refractivity contribution < 1.29 is 24.2 Å². The number of amides is 1. The molecule has 0 bridgehead atoms. The van der Waals surface area contributed by atoms with Crippen LogP contribution < -0.4 is 14.4 Å². The van der Waals surface area contributed by atoms with E-state index in [-0.39, 0.29) is 11.3 Å². The van der Waals surface area contributed by atoms with Gasteiger partial charge in [0.2, 0.25) is 0 Å². The number of carbonyl (C=O) groups excluding carboxylic acids is 2. The minimum Gasteiger partial charge on any atom is -0.507 e. The van der Waals surface area contributed by atoms with Crippen LogP contribution in [0.2, 0.25) is 5.02 Å². The zero-order valence-corrected chi connectivity index (χ0v) is 24.1. The monoisotopic (exact) mass is 596 g/mol. The average Bonchev–Trinajstić information content (AvgIpc) is 3.54. The van der Waals surface area contributed by atoms with Gasteiger partial charge in [-0.2, -0.15) is 0 Å². The molecule has 9 heteroatoms. The molecule has 5 aromatic rings. The number of aliphatic hydroxyl groups excluding tert-OH is 1. The SMILES string of the molecule is CCOc1ccc2nc(N3C(=O)C(=O)C(=C(O)c4ccc(Cl)cc4)C3c3cccc(OCc4ccccc4)c3)sc2c1. The Hall–Kier alpha value is -4.66. The summed E-state index contributed by atoms with van der Waals surface area (Å²) in [4.78, 5) is 33.3. The summed E-state index contributed by atoms with van der Waals surface area (Å²) in [6.45, 7) is 2.76. The first-order valence-corrected chi connectivity index (χ1v) is 14.5. The average molecular weight is 597 g/mol. The Balaban J connectivity index is 1.46. The van der Waals surface area contributed by atoms with Crippen LogP contribution in [0.1, 0.15) is 29.7 Å². The number of anilines is 1. The van der Waals surface area contributed by atoms with Gasteiger partial charge in [0, 0.05) is 10.6 Å². The summed E-state index contributed by atoms with van der Waals surface area (Å²) in [5.41, 5.74) is 2.57. The van der Waals surface area contributed by atoms with Gasteiger partial charge in [-0.1, -0.05) is 65.4 Å². The smallest absolute Gasteiger partial charge is 0.301 e. The third-order valence-electron chi connectivity index (χ3n) is 6.85. The summed E-state index contributed by atoms with van der Waals surface area (Å²) in [6, 6.07) is 27.9. The van der Waals surface area contributed by atoms with Gasteiger partial charge in [-0.15, -0.1) is 0 Å². The van der Waals surface area contributed by atoms with Gasteiger partial charge in [0.15, 0.2) is 5.13 Å². The number of benzene rings is 4. The van der Waals surface area contributed by atoms with Crippen molar-refractivity contribution in [2.75, 3.05) is 11.5 Å². The Labute approximate surface area is 251 Å². The van der Waals surface area contributed by atoms with Gasteiger partial charge >= 0.3 is 5.91 Å². The minimum absolute atomic E-state index is 0.0446. The maximum atomic E-state index is 13.7. The van der Waals surface area contributed by atoms with Crippen molar-refractivity contribution in [1.82, 2.24) is 4.98 Å². The van der Waals surface area contributed by atoms with Crippen molar-refractivity contribution in [2.24, 2.45) is 0 Å². The number of hydrogen-bond acceptors (Lipinski definition) is 7. The second-order valence-electron chi connectivity index (χ2n) is 9.58. The highest BCUT2D eigenvalue weighted by Crippen LogP contribution is 2.45. The highest BCUT2D eigenvalue weighted by molar-refractivity contribution is 7.22. The van der Waals surface area contributed by atoms with E-state index in [4.69, 9.17) is 26.1 Å². The summed E-state index contributed by atoms with van der Waals surface area (Å²) < 4.78 is 12.5. The third-order valence-corrected chi connectivity index (χ3v) is 8.12. The molecule has 2 heterocycles. The Bertz CT molecular complexity index is 1820. The molecule has 7 nitrogen and oxygen atoms in total. The Morgan fingerprint density at radius 2 is 1.69 bits per heavy atom. The van der Waals surface area contributed by atoms with Gasteiger partial charge in [0.25, 0.3) is 5.78 Å². The molecule has 0 aliphatic carbocycles. The Morgan fingerprint density at radius 3 is 2.45 bits per heavy atom. The standard InChI is InChI=1S/C33H25ClN2O5S/c1-2-40-25-15-16-26-27(18-25)42-33(35-26)36-29(22-9-6-10-24(17-22)41-19-20-7-4-3-5-8-20)28(31(38)32(36)39)30(37)21-11-13-23(34)14-12-21/h3-18,29,37H,2,19H2,1H3. The molecule has 6 rings (SSSR count). The number of Topliss-reactive ketones (excluding diaryl/α,β-unsaturated/α-hetero) is 1. The summed E-state index contributed by atoms with van der Waals surface area (Å²) in [5.74, 6) is -0.649. The second-order valence-corrected chi connectivity index (χ2v) is 11.0. The topological polar surface area (TPSA) is 89.0 Å². The third kappa shape index (κ3) is 5.34. The molecule has 1 atom stereocenters. The lowest BCUT2D eigenvalue weighted by molar-refractivity contribution is -0.132. The normalized spacial score (nSPS) is 16.2. The quantitative estimate of drug-likeness (QED) is 0.113. The van der Waals surface area contributed by atoms with Crippen molar-refractivity contribution in [3.05, 3.63) is 124 Å². The predicted molar refractivity (Wildman–Crippen MR) is 164 cm³/mol. The first kappa shape index (κ1) is 27.5. The molecular formula is C33H25ClN2O5S. The second kappa shape index (κ2) is 11.7. The fourth-order valence-corrected chi connectivity index (χ4v) is 6.02. The van der Waals surface area contributed by atoms with E-state index < -0.39 is 17.7 Å². The number of aromatic nitrogens is 1. The summed E-state index contributed by atoms with van der Waals surface area (Å²) in [7, 11) is 0. The number of ether oxygens (including phenoxy) is 2. The maximum absolute atomic E-state index is 13.7. The molecule has 0 spiro atoms. The van der Waals surface area contributed by atoms with Gasteiger partial charge in [-0.3, -0.25) is 14.5 Å². The van der Waals surface area contributed by atoms with Crippen molar-refractivity contribution in [2.45, 2.75) is 19.6 Å². The molecule has 1 N–H and O–H groups in total. The van der Waals surface area contributed by atoms with E-state index in [2.05, 4.69) is 0 Å². The van der Waals surface area contributed by atoms with Crippen LogP contribution in [0.3, 0.4) is 0 Å². The lowest BCUT2D eigenvalue weighted by Crippen LogP contribution is -2.29. The summed E-state index contributed by atoms with van der Waals surface area (Å²) in [6.07, 6.45) is 0. The number of ketones is 1. The summed E-state index contributed by atoms with van der Waals surface area (Å²) in [5, 5.41) is 12.2. The number of nitrogens with zero attached hydrogens (tertiary/aromatic N) is 2. The lowest BCUT2D eigenvalue weighted by Gasteiger charge is -2.23. The molecule has 0 radical (unpaired) electrons. The molecule has 0 saturated carbocycles. The van der Waals surface area contributed by atoms with Crippen molar-refractivity contribution in [3.63, 3.8) is 0 Å². The number of fused-ring (bicyclic) bond motifs is 1. The van der Waals surface area contributed by atoms with E-state index >= 15 is 0 Å². The molecule has 1 aliphatic rings. The number of carbonyl (C=O) groups is 2. The summed E-state index contributed by atoms with van der Waals surface area (Å²) >= 11 is 7.33. The lowest BCUT2D eigenvalue weighted by atomic mass is 9.95. The largest absolute Gasteiger partial charge is 0.507 e. The number of rotatable bonds is 8. The van der Waals surface area contributed by atoms with Crippen LogP contribution in [0.15, 0.2) is 103 Å². The highest BCUT2D eigenvalue weighted by Gasteiger charge is 2.48. The zero-order valence-electron chi connectivity index (χ0n) is 22.5. The van der Waals surface area contributed by atoms with Crippen LogP contribution >= 0.6 is 22.9 Å². The van der Waals surface area contributed by atoms with E-state index in [1.807, 2.05) is 61.5 Å². The van der Waals surface area contributed by atoms with Crippen molar-refractivity contribution >= 4 is 55.7 Å². The Morgan fingerprint density at radius 1 is 0.929 bits per heavy atom. The van der Waals surface area contributed by atoms with Crippen LogP contribution in [0, 0.1) is 0 Å². The van der Waals surface area contributed by atoms with Gasteiger partial charge in [0.05, 0.1) is 28.4 Å². The minimum atomic E-state index is -0.951. The fourth-order valence-electron chi connectivity index (χ4n) is 4.88.